The SMILES string of the molecule is CCCN1CCN([C@@H]2CNCc3cc(OC)c(OC)c(OC)c32)CC1. The number of nitrogens with one attached hydrogen (secondary N) is 1. The number of piperazine rings is 1. The monoisotopic (exact) mass is 349 g/mol. The second-order valence-corrected chi connectivity index (χ2v) is 6.74. The van der Waals surface area contributed by atoms with Gasteiger partial charge in [0.1, 0.15) is 0 Å². The van der Waals surface area contributed by atoms with Crippen molar-refractivity contribution in [2.75, 3.05) is 60.6 Å². The molecule has 0 bridgehead atoms. The van der Waals surface area contributed by atoms with Crippen molar-refractivity contribution in [2.45, 2.75) is 25.9 Å². The third-order valence-electron chi connectivity index (χ3n) is 5.33. The number of methoxy groups -OCH3 is 3. The highest BCUT2D eigenvalue weighted by atomic mass is 16.5. The van der Waals surface area contributed by atoms with Gasteiger partial charge in [0.15, 0.2) is 11.5 Å². The first-order valence-electron chi connectivity index (χ1n) is 9.22. The lowest BCUT2D eigenvalue weighted by molar-refractivity contribution is 0.0902. The van der Waals surface area contributed by atoms with Crippen LogP contribution >= 0.6 is 0 Å². The number of hydrogen-bond donors (Lipinski definition) is 1. The summed E-state index contributed by atoms with van der Waals surface area (Å²) in [6.07, 6.45) is 1.22. The minimum absolute atomic E-state index is 0.308. The van der Waals surface area contributed by atoms with Gasteiger partial charge in [-0.25, -0.2) is 0 Å². The smallest absolute Gasteiger partial charge is 0.203 e. The van der Waals surface area contributed by atoms with E-state index in [1.54, 1.807) is 21.3 Å². The summed E-state index contributed by atoms with van der Waals surface area (Å²) < 4.78 is 16.9. The Labute approximate surface area is 151 Å². The summed E-state index contributed by atoms with van der Waals surface area (Å²) in [6.45, 7) is 9.65. The van der Waals surface area contributed by atoms with Gasteiger partial charge in [-0.05, 0) is 24.6 Å². The van der Waals surface area contributed by atoms with Crippen molar-refractivity contribution < 1.29 is 14.2 Å². The molecule has 1 saturated heterocycles. The first kappa shape index (κ1) is 18.3. The van der Waals surface area contributed by atoms with Crippen LogP contribution in [0.3, 0.4) is 0 Å². The first-order chi connectivity index (χ1) is 12.2. The fourth-order valence-corrected chi connectivity index (χ4v) is 4.11. The minimum atomic E-state index is 0.308. The van der Waals surface area contributed by atoms with Gasteiger partial charge in [-0.2, -0.15) is 0 Å². The lowest BCUT2D eigenvalue weighted by Gasteiger charge is -2.42. The number of nitrogens with zero attached hydrogens (tertiary/aromatic N) is 2. The van der Waals surface area contributed by atoms with Crippen LogP contribution in [0.4, 0.5) is 0 Å². The average molecular weight is 349 g/mol. The van der Waals surface area contributed by atoms with Gasteiger partial charge in [0.05, 0.1) is 27.4 Å². The van der Waals surface area contributed by atoms with E-state index in [0.29, 0.717) is 11.8 Å². The van der Waals surface area contributed by atoms with E-state index < -0.39 is 0 Å². The molecule has 25 heavy (non-hydrogen) atoms. The Balaban J connectivity index is 1.91. The van der Waals surface area contributed by atoms with Crippen molar-refractivity contribution >= 4 is 0 Å². The Bertz CT molecular complexity index is 586. The van der Waals surface area contributed by atoms with Crippen LogP contribution in [0.5, 0.6) is 17.2 Å². The van der Waals surface area contributed by atoms with Gasteiger partial charge in [-0.3, -0.25) is 4.90 Å². The summed E-state index contributed by atoms with van der Waals surface area (Å²) in [5, 5.41) is 3.56. The highest BCUT2D eigenvalue weighted by Gasteiger charge is 2.33. The van der Waals surface area contributed by atoms with Crippen LogP contribution in [0.25, 0.3) is 0 Å². The molecule has 2 aliphatic rings. The number of benzene rings is 1. The molecule has 1 N–H and O–H groups in total. The molecule has 1 aromatic carbocycles. The van der Waals surface area contributed by atoms with E-state index in [0.717, 1.165) is 50.8 Å². The molecule has 0 radical (unpaired) electrons. The van der Waals surface area contributed by atoms with Gasteiger partial charge in [-0.15, -0.1) is 0 Å². The van der Waals surface area contributed by atoms with Crippen LogP contribution in [-0.2, 0) is 6.54 Å². The maximum absolute atomic E-state index is 5.79. The summed E-state index contributed by atoms with van der Waals surface area (Å²) in [5.74, 6) is 2.24. The van der Waals surface area contributed by atoms with Crippen molar-refractivity contribution in [1.29, 1.82) is 0 Å². The van der Waals surface area contributed by atoms with Crippen LogP contribution in [0.15, 0.2) is 6.07 Å². The zero-order valence-electron chi connectivity index (χ0n) is 15.9. The molecule has 1 fully saturated rings. The molecule has 2 heterocycles. The topological polar surface area (TPSA) is 46.2 Å². The molecule has 0 aliphatic carbocycles. The second kappa shape index (κ2) is 8.25. The predicted octanol–water partition coefficient (Wildman–Crippen LogP) is 1.88. The van der Waals surface area contributed by atoms with E-state index in [4.69, 9.17) is 14.2 Å². The molecule has 0 aromatic heterocycles. The summed E-state index contributed by atoms with van der Waals surface area (Å²) in [7, 11) is 5.06. The van der Waals surface area contributed by atoms with Gasteiger partial charge >= 0.3 is 0 Å². The Morgan fingerprint density at radius 1 is 1.04 bits per heavy atom. The minimum Gasteiger partial charge on any atom is -0.493 e. The van der Waals surface area contributed by atoms with Gasteiger partial charge < -0.3 is 24.4 Å². The largest absolute Gasteiger partial charge is 0.493 e. The van der Waals surface area contributed by atoms with Gasteiger partial charge in [-0.1, -0.05) is 6.92 Å². The zero-order valence-corrected chi connectivity index (χ0v) is 15.9. The van der Waals surface area contributed by atoms with Crippen LogP contribution in [0, 0.1) is 0 Å². The van der Waals surface area contributed by atoms with Crippen molar-refractivity contribution in [1.82, 2.24) is 15.1 Å². The lowest BCUT2D eigenvalue weighted by atomic mass is 9.92. The zero-order chi connectivity index (χ0) is 17.8. The van der Waals surface area contributed by atoms with E-state index >= 15 is 0 Å². The van der Waals surface area contributed by atoms with E-state index in [1.807, 2.05) is 0 Å². The van der Waals surface area contributed by atoms with E-state index in [1.165, 1.54) is 24.1 Å². The van der Waals surface area contributed by atoms with Crippen molar-refractivity contribution in [2.24, 2.45) is 0 Å². The molecule has 1 aromatic rings. The lowest BCUT2D eigenvalue weighted by Crippen LogP contribution is -2.50. The van der Waals surface area contributed by atoms with Crippen molar-refractivity contribution in [3.8, 4) is 17.2 Å². The molecule has 140 valence electrons. The molecule has 6 nitrogen and oxygen atoms in total. The maximum Gasteiger partial charge on any atom is 0.203 e. The van der Waals surface area contributed by atoms with E-state index in [2.05, 4.69) is 28.1 Å². The predicted molar refractivity (Wildman–Crippen MR) is 98.8 cm³/mol. The van der Waals surface area contributed by atoms with Gasteiger partial charge in [0, 0.05) is 44.8 Å². The molecular formula is C19H31N3O3. The molecule has 0 spiro atoms. The quantitative estimate of drug-likeness (QED) is 0.846. The Morgan fingerprint density at radius 2 is 1.76 bits per heavy atom. The molecule has 6 heteroatoms. The fourth-order valence-electron chi connectivity index (χ4n) is 4.11. The number of rotatable bonds is 6. The molecule has 0 saturated carbocycles. The van der Waals surface area contributed by atoms with Crippen LogP contribution in [0.2, 0.25) is 0 Å². The highest BCUT2D eigenvalue weighted by molar-refractivity contribution is 5.60. The summed E-state index contributed by atoms with van der Waals surface area (Å²) in [6, 6.07) is 2.39. The Kier molecular flexibility index (Phi) is 6.04. The molecule has 1 atom stereocenters. The average Bonchev–Trinajstić information content (AvgIpc) is 2.66. The molecule has 0 amide bonds. The number of fused-ring (bicyclic) bond motifs is 1. The standard InChI is InChI=1S/C19H31N3O3/c1-5-6-21-7-9-22(10-8-21)15-13-20-12-14-11-16(23-2)18(24-3)19(25-4)17(14)15/h11,15,20H,5-10,12-13H2,1-4H3/t15-/m1/s1. The third kappa shape index (κ3) is 3.57. The summed E-state index contributed by atoms with van der Waals surface area (Å²) in [4.78, 5) is 5.13. The highest BCUT2D eigenvalue weighted by Crippen LogP contribution is 2.46. The summed E-state index contributed by atoms with van der Waals surface area (Å²) >= 11 is 0. The normalized spacial score (nSPS) is 21.7. The van der Waals surface area contributed by atoms with Crippen molar-refractivity contribution in [3.05, 3.63) is 17.2 Å². The molecular weight excluding hydrogens is 318 g/mol. The fraction of sp³-hybridized carbons (Fsp3) is 0.684. The van der Waals surface area contributed by atoms with E-state index in [9.17, 15) is 0 Å². The van der Waals surface area contributed by atoms with Crippen LogP contribution in [0.1, 0.15) is 30.5 Å². The van der Waals surface area contributed by atoms with Gasteiger partial charge in [0.25, 0.3) is 0 Å². The molecule has 0 unspecified atom stereocenters. The van der Waals surface area contributed by atoms with E-state index in [-0.39, 0.29) is 0 Å². The van der Waals surface area contributed by atoms with Crippen LogP contribution < -0.4 is 19.5 Å². The maximum atomic E-state index is 5.79. The number of hydrogen-bond acceptors (Lipinski definition) is 6. The summed E-state index contributed by atoms with van der Waals surface area (Å²) in [5.41, 5.74) is 2.49. The van der Waals surface area contributed by atoms with Gasteiger partial charge in [0.2, 0.25) is 5.75 Å². The second-order valence-electron chi connectivity index (χ2n) is 6.74. The Hall–Kier alpha value is -1.50. The number of ether oxygens (including phenoxy) is 3. The molecule has 2 aliphatic heterocycles. The van der Waals surface area contributed by atoms with Crippen molar-refractivity contribution in [3.63, 3.8) is 0 Å². The Morgan fingerprint density at radius 3 is 2.36 bits per heavy atom. The molecule has 3 rings (SSSR count). The van der Waals surface area contributed by atoms with Crippen LogP contribution in [-0.4, -0.2) is 70.4 Å². The third-order valence-corrected chi connectivity index (χ3v) is 5.33. The first-order valence-corrected chi connectivity index (χ1v) is 9.22.